The largest absolute Gasteiger partial charge is 0.490 e. The molecule has 2 heterocycles. The molecule has 14 heteroatoms. The van der Waals surface area contributed by atoms with Crippen molar-refractivity contribution < 1.29 is 55.7 Å². The first-order valence-electron chi connectivity index (χ1n) is 16.6. The molecule has 8 nitrogen and oxygen atoms in total. The van der Waals surface area contributed by atoms with Crippen LogP contribution in [0.25, 0.3) is 5.57 Å². The third-order valence-electron chi connectivity index (χ3n) is 11.4. The molecule has 5 aliphatic rings. The third-order valence-corrected chi connectivity index (χ3v) is 11.4. The maximum absolute atomic E-state index is 12.9. The Bertz CT molecular complexity index is 1400. The highest BCUT2D eigenvalue weighted by Gasteiger charge is 2.57. The SMILES string of the molecule is CN1CCC(C(=O)O[C@H]2CC[C@@]3(C)C(=CC[C@@H]4[C@@H]3CC[C@]3(C)C(c5cccnc5)=CC[C@@H]43)C2)CC1.O=C(O)C(F)(F)F.O=C(O)C(F)(F)F. The quantitative estimate of drug-likeness (QED) is 0.188. The van der Waals surface area contributed by atoms with Crippen LogP contribution in [0, 0.1) is 34.5 Å². The van der Waals surface area contributed by atoms with E-state index in [1.54, 1.807) is 11.1 Å². The number of alkyl halides is 6. The molecule has 1 aliphatic heterocycles. The van der Waals surface area contributed by atoms with Crippen LogP contribution in [0.3, 0.4) is 0 Å². The molecule has 0 radical (unpaired) electrons. The Labute approximate surface area is 281 Å². The molecule has 4 aliphatic carbocycles. The first kappa shape index (κ1) is 38.4. The summed E-state index contributed by atoms with van der Waals surface area (Å²) in [5, 5.41) is 14.2. The van der Waals surface area contributed by atoms with E-state index in [1.807, 2.05) is 6.20 Å². The van der Waals surface area contributed by atoms with Crippen LogP contribution in [0.5, 0.6) is 0 Å². The Morgan fingerprint density at radius 1 is 0.878 bits per heavy atom. The number of carbonyl (C=O) groups excluding carboxylic acids is 1. The molecule has 0 spiro atoms. The van der Waals surface area contributed by atoms with Crippen molar-refractivity contribution >= 4 is 23.5 Å². The lowest BCUT2D eigenvalue weighted by Gasteiger charge is -2.58. The summed E-state index contributed by atoms with van der Waals surface area (Å²) in [5.41, 5.74) is 5.00. The topological polar surface area (TPSA) is 117 Å². The van der Waals surface area contributed by atoms with Gasteiger partial charge in [-0.1, -0.05) is 37.6 Å². The van der Waals surface area contributed by atoms with Crippen molar-refractivity contribution in [1.29, 1.82) is 0 Å². The lowest BCUT2D eigenvalue weighted by atomic mass is 9.47. The van der Waals surface area contributed by atoms with Gasteiger partial charge in [0, 0.05) is 18.8 Å². The first-order valence-corrected chi connectivity index (χ1v) is 16.6. The summed E-state index contributed by atoms with van der Waals surface area (Å²) in [5.74, 6) is -3.11. The highest BCUT2D eigenvalue weighted by Crippen LogP contribution is 2.66. The maximum Gasteiger partial charge on any atom is 0.490 e. The van der Waals surface area contributed by atoms with Crippen LogP contribution in [0.1, 0.15) is 77.2 Å². The van der Waals surface area contributed by atoms with Crippen molar-refractivity contribution in [2.45, 2.75) is 90.1 Å². The van der Waals surface area contributed by atoms with Gasteiger partial charge < -0.3 is 19.8 Å². The summed E-state index contributed by atoms with van der Waals surface area (Å²) in [7, 11) is 2.14. The molecule has 0 amide bonds. The van der Waals surface area contributed by atoms with E-state index in [9.17, 15) is 31.1 Å². The number of nitrogens with zero attached hydrogens (tertiary/aromatic N) is 2. The van der Waals surface area contributed by atoms with Gasteiger partial charge in [-0.3, -0.25) is 9.78 Å². The van der Waals surface area contributed by atoms with Crippen molar-refractivity contribution in [2.24, 2.45) is 34.5 Å². The number of ether oxygens (including phenoxy) is 1. The number of carboxylic acid groups (broad SMARTS) is 2. The zero-order valence-corrected chi connectivity index (χ0v) is 27.8. The highest BCUT2D eigenvalue weighted by molar-refractivity contribution is 5.74. The number of likely N-dealkylation sites (tertiary alicyclic amines) is 1. The van der Waals surface area contributed by atoms with Crippen LogP contribution in [-0.4, -0.2) is 76.6 Å². The Balaban J connectivity index is 0.000000327. The van der Waals surface area contributed by atoms with E-state index in [-0.39, 0.29) is 28.8 Å². The van der Waals surface area contributed by atoms with Gasteiger partial charge >= 0.3 is 30.3 Å². The Hall–Kier alpha value is -3.42. The van der Waals surface area contributed by atoms with Gasteiger partial charge in [-0.2, -0.15) is 26.3 Å². The van der Waals surface area contributed by atoms with Gasteiger partial charge in [0.05, 0.1) is 5.92 Å². The standard InChI is InChI=1S/C31H42N2O2.2C2HF3O2/c1-30-14-10-24(35-29(34)21-12-17-33(3)18-13-21)19-23(30)6-7-25-27-9-8-26(22-5-4-16-32-20-22)31(27,2)15-11-28(25)30;2*3-2(4,5)1(6)7/h4-6,8,16,20-21,24-25,27-28H,7,9-15,17-19H2,1-3H3;2*(H,6,7)/t24-,25-,27-,28-,30-,31+;;/m0../s1. The molecular formula is C35H44F6N2O6. The summed E-state index contributed by atoms with van der Waals surface area (Å²) >= 11 is 0. The predicted molar refractivity (Wildman–Crippen MR) is 167 cm³/mol. The van der Waals surface area contributed by atoms with Gasteiger partial charge in [-0.15, -0.1) is 0 Å². The number of allylic oxidation sites excluding steroid dienone is 3. The van der Waals surface area contributed by atoms with E-state index in [0.29, 0.717) is 0 Å². The van der Waals surface area contributed by atoms with Gasteiger partial charge in [0.15, 0.2) is 0 Å². The van der Waals surface area contributed by atoms with E-state index in [2.05, 4.69) is 61.3 Å². The number of fused-ring (bicyclic) bond motifs is 5. The number of hydrogen-bond acceptors (Lipinski definition) is 6. The van der Waals surface area contributed by atoms with Crippen molar-refractivity contribution in [3.63, 3.8) is 0 Å². The molecule has 272 valence electrons. The fourth-order valence-electron chi connectivity index (χ4n) is 8.77. The summed E-state index contributed by atoms with van der Waals surface area (Å²) in [6.07, 6.45) is 8.98. The van der Waals surface area contributed by atoms with E-state index in [0.717, 1.165) is 62.9 Å². The van der Waals surface area contributed by atoms with E-state index < -0.39 is 24.3 Å². The van der Waals surface area contributed by atoms with Crippen molar-refractivity contribution in [3.8, 4) is 0 Å². The lowest BCUT2D eigenvalue weighted by Crippen LogP contribution is -2.50. The molecule has 0 bridgehead atoms. The zero-order valence-electron chi connectivity index (χ0n) is 27.8. The minimum atomic E-state index is -5.08. The van der Waals surface area contributed by atoms with Gasteiger partial charge in [0.2, 0.25) is 0 Å². The minimum Gasteiger partial charge on any atom is -0.475 e. The van der Waals surface area contributed by atoms with Crippen LogP contribution in [0.2, 0.25) is 0 Å². The molecule has 2 saturated carbocycles. The van der Waals surface area contributed by atoms with Crippen molar-refractivity contribution in [2.75, 3.05) is 20.1 Å². The number of rotatable bonds is 3. The fraction of sp³-hybridized carbons (Fsp3) is 0.657. The average Bonchev–Trinajstić information content (AvgIpc) is 3.39. The Morgan fingerprint density at radius 3 is 2.02 bits per heavy atom. The highest BCUT2D eigenvalue weighted by atomic mass is 19.4. The van der Waals surface area contributed by atoms with Gasteiger partial charge in [-0.05, 0) is 117 Å². The molecule has 6 rings (SSSR count). The Kier molecular flexibility index (Phi) is 11.6. The third kappa shape index (κ3) is 8.67. The molecule has 6 atom stereocenters. The normalized spacial score (nSPS) is 31.5. The average molecular weight is 703 g/mol. The fourth-order valence-corrected chi connectivity index (χ4v) is 8.77. The molecule has 0 aromatic carbocycles. The number of halogens is 6. The molecule has 49 heavy (non-hydrogen) atoms. The number of carboxylic acids is 2. The molecule has 0 unspecified atom stereocenters. The minimum absolute atomic E-state index is 0.0642. The van der Waals surface area contributed by atoms with Gasteiger partial charge in [-0.25, -0.2) is 9.59 Å². The maximum atomic E-state index is 12.9. The molecular weight excluding hydrogens is 658 g/mol. The van der Waals surface area contributed by atoms with Crippen LogP contribution >= 0.6 is 0 Å². The second-order valence-corrected chi connectivity index (χ2v) is 14.3. The number of pyridine rings is 1. The second kappa shape index (κ2) is 14.8. The van der Waals surface area contributed by atoms with E-state index >= 15 is 0 Å². The van der Waals surface area contributed by atoms with Crippen LogP contribution in [-0.2, 0) is 19.1 Å². The molecule has 1 aromatic heterocycles. The van der Waals surface area contributed by atoms with Crippen LogP contribution < -0.4 is 0 Å². The monoisotopic (exact) mass is 702 g/mol. The number of esters is 1. The number of piperidine rings is 1. The van der Waals surface area contributed by atoms with Gasteiger partial charge in [0.25, 0.3) is 0 Å². The lowest BCUT2D eigenvalue weighted by molar-refractivity contribution is -0.193. The van der Waals surface area contributed by atoms with E-state index in [4.69, 9.17) is 24.5 Å². The summed E-state index contributed by atoms with van der Waals surface area (Å²) in [6.45, 7) is 7.08. The summed E-state index contributed by atoms with van der Waals surface area (Å²) in [6, 6.07) is 4.32. The predicted octanol–water partition coefficient (Wildman–Crippen LogP) is 7.56. The summed E-state index contributed by atoms with van der Waals surface area (Å²) < 4.78 is 69.6. The summed E-state index contributed by atoms with van der Waals surface area (Å²) in [4.78, 5) is 37.4. The van der Waals surface area contributed by atoms with Crippen LogP contribution in [0.4, 0.5) is 26.3 Å². The zero-order chi connectivity index (χ0) is 36.4. The Morgan fingerprint density at radius 2 is 1.47 bits per heavy atom. The van der Waals surface area contributed by atoms with E-state index in [1.165, 1.54) is 31.2 Å². The molecule has 2 N–H and O–H groups in total. The number of aromatic nitrogens is 1. The second-order valence-electron chi connectivity index (χ2n) is 14.3. The molecule has 3 fully saturated rings. The molecule has 1 saturated heterocycles. The molecule has 1 aromatic rings. The number of hydrogen-bond donors (Lipinski definition) is 2. The van der Waals surface area contributed by atoms with Crippen molar-refractivity contribution in [1.82, 2.24) is 9.88 Å². The van der Waals surface area contributed by atoms with Gasteiger partial charge in [0.1, 0.15) is 6.10 Å². The van der Waals surface area contributed by atoms with Crippen LogP contribution in [0.15, 0.2) is 42.3 Å². The van der Waals surface area contributed by atoms with Crippen molar-refractivity contribution in [3.05, 3.63) is 47.8 Å². The first-order chi connectivity index (χ1) is 22.8. The number of carbonyl (C=O) groups is 3. The number of aliphatic carboxylic acids is 2. The smallest absolute Gasteiger partial charge is 0.475 e.